The van der Waals surface area contributed by atoms with Gasteiger partial charge in [-0.05, 0) is 31.4 Å². The largest absolute Gasteiger partial charge is 0.385 e. The summed E-state index contributed by atoms with van der Waals surface area (Å²) >= 11 is 1.77. The molecule has 0 saturated heterocycles. The minimum Gasteiger partial charge on any atom is -0.385 e. The Hall–Kier alpha value is -0.630. The van der Waals surface area contributed by atoms with E-state index in [0.717, 1.165) is 6.54 Å². The molecule has 13 heavy (non-hydrogen) atoms. The van der Waals surface area contributed by atoms with Crippen molar-refractivity contribution in [2.75, 3.05) is 18.1 Å². The highest BCUT2D eigenvalue weighted by atomic mass is 32.2. The van der Waals surface area contributed by atoms with Gasteiger partial charge in [0.25, 0.3) is 0 Å². The molecule has 0 aromatic heterocycles. The van der Waals surface area contributed by atoms with Crippen LogP contribution in [0.1, 0.15) is 20.8 Å². The second kappa shape index (κ2) is 7.99. The van der Waals surface area contributed by atoms with E-state index in [1.807, 2.05) is 13.8 Å². The molecule has 0 saturated carbocycles. The molecule has 0 spiro atoms. The standard InChI is InChI=1S/C9H13NS.C2H6/c1-3-10-8-5-4-6-9(7-8)11-2;1-2/h4-7,10H,3H2,1-2H3;1-2H3. The molecule has 0 amide bonds. The number of anilines is 1. The molecule has 0 fully saturated rings. The number of hydrogen-bond acceptors (Lipinski definition) is 2. The Labute approximate surface area is 85.9 Å². The Balaban J connectivity index is 0.000000671. The van der Waals surface area contributed by atoms with Crippen molar-refractivity contribution in [1.82, 2.24) is 0 Å². The van der Waals surface area contributed by atoms with E-state index in [0.29, 0.717) is 0 Å². The van der Waals surface area contributed by atoms with Crippen LogP contribution in [0.5, 0.6) is 0 Å². The van der Waals surface area contributed by atoms with Gasteiger partial charge < -0.3 is 5.32 Å². The zero-order chi connectivity index (χ0) is 10.1. The van der Waals surface area contributed by atoms with Crippen molar-refractivity contribution in [3.8, 4) is 0 Å². The van der Waals surface area contributed by atoms with Crippen molar-refractivity contribution in [2.45, 2.75) is 25.7 Å². The minimum absolute atomic E-state index is 0.984. The molecule has 1 nitrogen and oxygen atoms in total. The van der Waals surface area contributed by atoms with Crippen molar-refractivity contribution in [2.24, 2.45) is 0 Å². The Bertz CT molecular complexity index is 223. The molecule has 0 unspecified atom stereocenters. The molecule has 2 heteroatoms. The highest BCUT2D eigenvalue weighted by Crippen LogP contribution is 2.18. The summed E-state index contributed by atoms with van der Waals surface area (Å²) in [7, 11) is 0. The highest BCUT2D eigenvalue weighted by Gasteiger charge is 1.90. The zero-order valence-electron chi connectivity index (χ0n) is 8.92. The van der Waals surface area contributed by atoms with Gasteiger partial charge in [0.05, 0.1) is 0 Å². The van der Waals surface area contributed by atoms with Crippen molar-refractivity contribution >= 4 is 17.4 Å². The van der Waals surface area contributed by atoms with Crippen molar-refractivity contribution in [3.63, 3.8) is 0 Å². The van der Waals surface area contributed by atoms with E-state index in [2.05, 4.69) is 42.8 Å². The van der Waals surface area contributed by atoms with Crippen LogP contribution in [-0.4, -0.2) is 12.8 Å². The summed E-state index contributed by atoms with van der Waals surface area (Å²) < 4.78 is 0. The third kappa shape index (κ3) is 4.83. The van der Waals surface area contributed by atoms with E-state index >= 15 is 0 Å². The lowest BCUT2D eigenvalue weighted by atomic mass is 10.3. The molecule has 0 radical (unpaired) electrons. The lowest BCUT2D eigenvalue weighted by molar-refractivity contribution is 1.20. The maximum Gasteiger partial charge on any atom is 0.0351 e. The van der Waals surface area contributed by atoms with E-state index in [1.54, 1.807) is 11.8 Å². The summed E-state index contributed by atoms with van der Waals surface area (Å²) in [6, 6.07) is 8.44. The van der Waals surface area contributed by atoms with Crippen LogP contribution in [0.4, 0.5) is 5.69 Å². The summed E-state index contributed by atoms with van der Waals surface area (Å²) in [6.07, 6.45) is 2.09. The summed E-state index contributed by atoms with van der Waals surface area (Å²) in [6.45, 7) is 7.09. The summed E-state index contributed by atoms with van der Waals surface area (Å²) in [5.74, 6) is 0. The lowest BCUT2D eigenvalue weighted by Gasteiger charge is -2.03. The summed E-state index contributed by atoms with van der Waals surface area (Å²) in [5.41, 5.74) is 1.21. The minimum atomic E-state index is 0.984. The Morgan fingerprint density at radius 2 is 2.00 bits per heavy atom. The van der Waals surface area contributed by atoms with E-state index in [1.165, 1.54) is 10.6 Å². The molecule has 1 aromatic rings. The molecule has 1 aromatic carbocycles. The molecule has 74 valence electrons. The second-order valence-corrected chi connectivity index (χ2v) is 3.14. The number of thioether (sulfide) groups is 1. The Morgan fingerprint density at radius 3 is 2.54 bits per heavy atom. The van der Waals surface area contributed by atoms with Crippen LogP contribution in [0.25, 0.3) is 0 Å². The van der Waals surface area contributed by atoms with E-state index in [-0.39, 0.29) is 0 Å². The molecule has 0 heterocycles. The molecule has 1 rings (SSSR count). The molecule has 0 aliphatic carbocycles. The predicted molar refractivity (Wildman–Crippen MR) is 63.7 cm³/mol. The number of benzene rings is 1. The van der Waals surface area contributed by atoms with Crippen LogP contribution < -0.4 is 5.32 Å². The molecule has 0 aliphatic heterocycles. The first kappa shape index (κ1) is 12.4. The first-order valence-electron chi connectivity index (χ1n) is 4.74. The average molecular weight is 197 g/mol. The maximum atomic E-state index is 3.27. The van der Waals surface area contributed by atoms with Gasteiger partial charge in [-0.15, -0.1) is 11.8 Å². The van der Waals surface area contributed by atoms with Crippen LogP contribution in [0.2, 0.25) is 0 Å². The van der Waals surface area contributed by atoms with E-state index in [4.69, 9.17) is 0 Å². The lowest BCUT2D eigenvalue weighted by Crippen LogP contribution is -1.95. The predicted octanol–water partition coefficient (Wildman–Crippen LogP) is 3.87. The fraction of sp³-hybridized carbons (Fsp3) is 0.455. The first-order valence-corrected chi connectivity index (χ1v) is 5.97. The molecule has 1 N–H and O–H groups in total. The van der Waals surface area contributed by atoms with Crippen LogP contribution >= 0.6 is 11.8 Å². The SMILES string of the molecule is CC.CCNc1cccc(SC)c1. The van der Waals surface area contributed by atoms with Crippen LogP contribution in [-0.2, 0) is 0 Å². The van der Waals surface area contributed by atoms with Crippen LogP contribution in [0.15, 0.2) is 29.2 Å². The van der Waals surface area contributed by atoms with Gasteiger partial charge in [0.15, 0.2) is 0 Å². The topological polar surface area (TPSA) is 12.0 Å². The third-order valence-corrected chi connectivity index (χ3v) is 2.18. The van der Waals surface area contributed by atoms with Crippen LogP contribution in [0, 0.1) is 0 Å². The monoisotopic (exact) mass is 197 g/mol. The number of hydrogen-bond donors (Lipinski definition) is 1. The van der Waals surface area contributed by atoms with Gasteiger partial charge in [0.2, 0.25) is 0 Å². The normalized spacial score (nSPS) is 8.62. The Kier molecular flexibility index (Phi) is 7.60. The molecule has 0 aliphatic rings. The van der Waals surface area contributed by atoms with Gasteiger partial charge in [0, 0.05) is 17.1 Å². The summed E-state index contributed by atoms with van der Waals surface area (Å²) in [4.78, 5) is 1.31. The van der Waals surface area contributed by atoms with E-state index < -0.39 is 0 Å². The second-order valence-electron chi connectivity index (χ2n) is 2.26. The quantitative estimate of drug-likeness (QED) is 0.738. The number of rotatable bonds is 3. The smallest absolute Gasteiger partial charge is 0.0351 e. The fourth-order valence-corrected chi connectivity index (χ4v) is 1.40. The zero-order valence-corrected chi connectivity index (χ0v) is 9.74. The average Bonchev–Trinajstić information content (AvgIpc) is 2.22. The summed E-state index contributed by atoms with van der Waals surface area (Å²) in [5, 5.41) is 3.27. The van der Waals surface area contributed by atoms with Gasteiger partial charge in [0.1, 0.15) is 0 Å². The number of nitrogens with one attached hydrogen (secondary N) is 1. The third-order valence-electron chi connectivity index (χ3n) is 1.45. The maximum absolute atomic E-state index is 3.27. The van der Waals surface area contributed by atoms with Crippen molar-refractivity contribution < 1.29 is 0 Å². The van der Waals surface area contributed by atoms with Gasteiger partial charge in [-0.1, -0.05) is 19.9 Å². The van der Waals surface area contributed by atoms with Gasteiger partial charge in [-0.3, -0.25) is 0 Å². The van der Waals surface area contributed by atoms with Crippen molar-refractivity contribution in [1.29, 1.82) is 0 Å². The van der Waals surface area contributed by atoms with Crippen molar-refractivity contribution in [3.05, 3.63) is 24.3 Å². The first-order chi connectivity index (χ1) is 6.36. The molecular weight excluding hydrogens is 178 g/mol. The van der Waals surface area contributed by atoms with Crippen LogP contribution in [0.3, 0.4) is 0 Å². The molecule has 0 atom stereocenters. The fourth-order valence-electron chi connectivity index (χ4n) is 0.937. The molecular formula is C11H19NS. The van der Waals surface area contributed by atoms with E-state index in [9.17, 15) is 0 Å². The van der Waals surface area contributed by atoms with Gasteiger partial charge in [-0.2, -0.15) is 0 Å². The van der Waals surface area contributed by atoms with Gasteiger partial charge in [-0.25, -0.2) is 0 Å². The Morgan fingerprint density at radius 1 is 1.31 bits per heavy atom. The van der Waals surface area contributed by atoms with Gasteiger partial charge >= 0.3 is 0 Å². The molecule has 0 bridgehead atoms. The highest BCUT2D eigenvalue weighted by molar-refractivity contribution is 7.98.